The molecule has 0 spiro atoms. The number of carboxylic acid groups (broad SMARTS) is 2. The molecule has 7 nitrogen and oxygen atoms in total. The predicted molar refractivity (Wildman–Crippen MR) is 77.6 cm³/mol. The van der Waals surface area contributed by atoms with Crippen molar-refractivity contribution in [3.05, 3.63) is 35.9 Å². The Bertz CT molecular complexity index is 502. The fraction of sp³-hybridized carbons (Fsp3) is 0.400. The highest BCUT2D eigenvalue weighted by Gasteiger charge is 2.29. The van der Waals surface area contributed by atoms with Crippen molar-refractivity contribution in [3.8, 4) is 0 Å². The molecule has 1 fully saturated rings. The van der Waals surface area contributed by atoms with Gasteiger partial charge in [0.15, 0.2) is 0 Å². The third-order valence-electron chi connectivity index (χ3n) is 3.10. The van der Waals surface area contributed by atoms with Gasteiger partial charge in [-0.05, 0) is 12.0 Å². The van der Waals surface area contributed by atoms with Crippen LogP contribution in [0, 0.1) is 0 Å². The van der Waals surface area contributed by atoms with Crippen molar-refractivity contribution in [2.24, 2.45) is 0 Å². The number of cyclic esters (lactones) is 1. The molecule has 120 valence electrons. The summed E-state index contributed by atoms with van der Waals surface area (Å²) in [6.45, 7) is 0.504. The molecule has 1 aliphatic heterocycles. The van der Waals surface area contributed by atoms with E-state index in [4.69, 9.17) is 14.9 Å². The first kappa shape index (κ1) is 17.5. The summed E-state index contributed by atoms with van der Waals surface area (Å²) in [6, 6.07) is 10.3. The number of carboxylic acids is 2. The van der Waals surface area contributed by atoms with E-state index in [2.05, 4.69) is 12.1 Å². The molecule has 0 aromatic heterocycles. The van der Waals surface area contributed by atoms with Crippen LogP contribution in [0.4, 0.5) is 4.79 Å². The second-order valence-electron chi connectivity index (χ2n) is 4.82. The summed E-state index contributed by atoms with van der Waals surface area (Å²) < 4.78 is 4.94. The summed E-state index contributed by atoms with van der Waals surface area (Å²) in [4.78, 5) is 32.0. The van der Waals surface area contributed by atoms with E-state index in [0.717, 1.165) is 6.42 Å². The highest BCUT2D eigenvalue weighted by Crippen LogP contribution is 2.14. The average Bonchev–Trinajstić information content (AvgIpc) is 2.79. The molecule has 1 aromatic carbocycles. The van der Waals surface area contributed by atoms with Gasteiger partial charge >= 0.3 is 18.0 Å². The number of hydrogen-bond acceptors (Lipinski definition) is 4. The van der Waals surface area contributed by atoms with Gasteiger partial charge in [0.25, 0.3) is 0 Å². The lowest BCUT2D eigenvalue weighted by atomic mass is 10.1. The lowest BCUT2D eigenvalue weighted by Gasteiger charge is -2.15. The lowest BCUT2D eigenvalue weighted by molar-refractivity contribution is -0.143. The molecule has 0 saturated carbocycles. The van der Waals surface area contributed by atoms with E-state index in [9.17, 15) is 14.4 Å². The van der Waals surface area contributed by atoms with Gasteiger partial charge in [-0.15, -0.1) is 0 Å². The minimum absolute atomic E-state index is 0.185. The Morgan fingerprint density at radius 3 is 2.14 bits per heavy atom. The van der Waals surface area contributed by atoms with Crippen molar-refractivity contribution >= 4 is 18.0 Å². The molecule has 1 aliphatic rings. The monoisotopic (exact) mass is 309 g/mol. The van der Waals surface area contributed by atoms with Crippen LogP contribution in [-0.2, 0) is 20.7 Å². The summed E-state index contributed by atoms with van der Waals surface area (Å²) in [5, 5.41) is 15.8. The van der Waals surface area contributed by atoms with Crippen molar-refractivity contribution < 1.29 is 29.3 Å². The molecule has 2 rings (SSSR count). The topological polar surface area (TPSA) is 104 Å². The van der Waals surface area contributed by atoms with E-state index in [-0.39, 0.29) is 25.0 Å². The maximum absolute atomic E-state index is 11.1. The SMILES string of the molecule is CN1C(=O)OC[C@H]1Cc1ccccc1.O=C(O)CCC(=O)O. The summed E-state index contributed by atoms with van der Waals surface area (Å²) in [6.07, 6.45) is 0.0548. The Kier molecular flexibility index (Phi) is 6.88. The standard InChI is InChI=1S/C11H13NO2.C4H6O4/c1-12-10(8-14-11(12)13)7-9-5-3-2-4-6-9;5-3(6)1-2-4(7)8/h2-6,10H,7-8H2,1H3;1-2H2,(H,5,6)(H,7,8)/t10-;/m1./s1. The highest BCUT2D eigenvalue weighted by molar-refractivity contribution is 5.75. The third kappa shape index (κ3) is 6.25. The van der Waals surface area contributed by atoms with Crippen molar-refractivity contribution in [2.45, 2.75) is 25.3 Å². The molecule has 0 radical (unpaired) electrons. The highest BCUT2D eigenvalue weighted by atomic mass is 16.6. The number of carbonyl (C=O) groups is 3. The zero-order valence-electron chi connectivity index (χ0n) is 12.3. The minimum Gasteiger partial charge on any atom is -0.481 e. The molecule has 0 bridgehead atoms. The maximum atomic E-state index is 11.1. The fourth-order valence-electron chi connectivity index (χ4n) is 1.83. The average molecular weight is 309 g/mol. The van der Waals surface area contributed by atoms with Gasteiger partial charge in [0.05, 0.1) is 18.9 Å². The molecule has 1 heterocycles. The van der Waals surface area contributed by atoms with Crippen LogP contribution in [0.2, 0.25) is 0 Å². The Hall–Kier alpha value is -2.57. The van der Waals surface area contributed by atoms with Crippen LogP contribution in [0.1, 0.15) is 18.4 Å². The van der Waals surface area contributed by atoms with Crippen LogP contribution in [0.25, 0.3) is 0 Å². The van der Waals surface area contributed by atoms with Crippen LogP contribution in [0.5, 0.6) is 0 Å². The number of aliphatic carboxylic acids is 2. The number of amides is 1. The molecule has 1 aromatic rings. The molecule has 1 amide bonds. The molecular weight excluding hydrogens is 290 g/mol. The Labute approximate surface area is 128 Å². The third-order valence-corrected chi connectivity index (χ3v) is 3.10. The van der Waals surface area contributed by atoms with E-state index in [1.54, 1.807) is 11.9 Å². The van der Waals surface area contributed by atoms with E-state index < -0.39 is 11.9 Å². The number of nitrogens with zero attached hydrogens (tertiary/aromatic N) is 1. The van der Waals surface area contributed by atoms with E-state index in [1.165, 1.54) is 5.56 Å². The molecule has 22 heavy (non-hydrogen) atoms. The van der Waals surface area contributed by atoms with Crippen molar-refractivity contribution in [2.75, 3.05) is 13.7 Å². The van der Waals surface area contributed by atoms with Gasteiger partial charge in [-0.2, -0.15) is 0 Å². The second kappa shape index (κ2) is 8.66. The number of carbonyl (C=O) groups excluding carboxylic acids is 1. The Morgan fingerprint density at radius 2 is 1.73 bits per heavy atom. The Balaban J connectivity index is 0.000000261. The first-order chi connectivity index (χ1) is 10.4. The summed E-state index contributed by atoms with van der Waals surface area (Å²) in [5.41, 5.74) is 1.24. The zero-order chi connectivity index (χ0) is 16.5. The fourth-order valence-corrected chi connectivity index (χ4v) is 1.83. The molecule has 1 atom stereocenters. The minimum atomic E-state index is -1.08. The number of benzene rings is 1. The van der Waals surface area contributed by atoms with Crippen molar-refractivity contribution in [3.63, 3.8) is 0 Å². The van der Waals surface area contributed by atoms with Crippen LogP contribution in [0.15, 0.2) is 30.3 Å². The van der Waals surface area contributed by atoms with Gasteiger partial charge in [-0.3, -0.25) is 9.59 Å². The first-order valence-corrected chi connectivity index (χ1v) is 6.77. The van der Waals surface area contributed by atoms with E-state index in [0.29, 0.717) is 6.61 Å². The zero-order valence-corrected chi connectivity index (χ0v) is 12.3. The van der Waals surface area contributed by atoms with Gasteiger partial charge < -0.3 is 19.8 Å². The van der Waals surface area contributed by atoms with E-state index in [1.807, 2.05) is 18.2 Å². The lowest BCUT2D eigenvalue weighted by Crippen LogP contribution is -2.30. The van der Waals surface area contributed by atoms with Crippen LogP contribution < -0.4 is 0 Å². The normalized spacial score (nSPS) is 16.5. The summed E-state index contributed by atoms with van der Waals surface area (Å²) >= 11 is 0. The quantitative estimate of drug-likeness (QED) is 0.856. The molecular formula is C15H19NO6. The van der Waals surface area contributed by atoms with Gasteiger partial charge in [0, 0.05) is 7.05 Å². The van der Waals surface area contributed by atoms with Gasteiger partial charge in [0.1, 0.15) is 6.61 Å². The van der Waals surface area contributed by atoms with Crippen molar-refractivity contribution in [1.29, 1.82) is 0 Å². The number of ether oxygens (including phenoxy) is 1. The molecule has 2 N–H and O–H groups in total. The summed E-state index contributed by atoms with van der Waals surface area (Å²) in [7, 11) is 1.78. The van der Waals surface area contributed by atoms with Gasteiger partial charge in [-0.1, -0.05) is 30.3 Å². The smallest absolute Gasteiger partial charge is 0.409 e. The molecule has 0 aliphatic carbocycles. The predicted octanol–water partition coefficient (Wildman–Crippen LogP) is 1.62. The molecule has 7 heteroatoms. The number of rotatable bonds is 5. The second-order valence-corrected chi connectivity index (χ2v) is 4.82. The maximum Gasteiger partial charge on any atom is 0.409 e. The van der Waals surface area contributed by atoms with Gasteiger partial charge in [0.2, 0.25) is 0 Å². The van der Waals surface area contributed by atoms with Crippen LogP contribution in [0.3, 0.4) is 0 Å². The van der Waals surface area contributed by atoms with Gasteiger partial charge in [-0.25, -0.2) is 4.79 Å². The number of likely N-dealkylation sites (N-methyl/N-ethyl adjacent to an activating group) is 1. The number of hydrogen-bond donors (Lipinski definition) is 2. The van der Waals surface area contributed by atoms with Crippen LogP contribution >= 0.6 is 0 Å². The summed E-state index contributed by atoms with van der Waals surface area (Å²) in [5.74, 6) is -2.15. The first-order valence-electron chi connectivity index (χ1n) is 6.77. The Morgan fingerprint density at radius 1 is 1.18 bits per heavy atom. The largest absolute Gasteiger partial charge is 0.481 e. The van der Waals surface area contributed by atoms with Crippen LogP contribution in [-0.4, -0.2) is 52.8 Å². The van der Waals surface area contributed by atoms with E-state index >= 15 is 0 Å². The molecule has 1 saturated heterocycles. The molecule has 0 unspecified atom stereocenters. The van der Waals surface area contributed by atoms with Crippen molar-refractivity contribution in [1.82, 2.24) is 4.90 Å².